The topological polar surface area (TPSA) is 77.4 Å². The molecule has 0 spiro atoms. The van der Waals surface area contributed by atoms with Crippen LogP contribution in [0.2, 0.25) is 0 Å². The first kappa shape index (κ1) is 18.8. The molecular formula is C9H10Br3ClO6Si. The maximum atomic E-state index is 9.45. The van der Waals surface area contributed by atoms with Gasteiger partial charge in [0.25, 0.3) is 0 Å². The Bertz CT molecular complexity index is 404. The summed E-state index contributed by atoms with van der Waals surface area (Å²) in [6.07, 6.45) is 0.207. The maximum Gasteiger partial charge on any atom is 0.740 e. The van der Waals surface area contributed by atoms with E-state index < -0.39 is 16.8 Å². The van der Waals surface area contributed by atoms with E-state index in [0.717, 1.165) is 0 Å². The minimum atomic E-state index is -4.57. The van der Waals surface area contributed by atoms with Crippen molar-refractivity contribution in [3.05, 3.63) is 30.3 Å². The molecule has 1 aromatic carbocycles. The largest absolute Gasteiger partial charge is 0.740 e. The molecule has 0 fully saturated rings. The van der Waals surface area contributed by atoms with Crippen LogP contribution in [0.25, 0.3) is 0 Å². The van der Waals surface area contributed by atoms with E-state index in [0.29, 0.717) is 0 Å². The Morgan fingerprint density at radius 1 is 1.20 bits per heavy atom. The first-order chi connectivity index (χ1) is 9.18. The summed E-state index contributed by atoms with van der Waals surface area (Å²) in [4.78, 5) is 28.3. The molecule has 0 saturated carbocycles. The lowest BCUT2D eigenvalue weighted by Crippen LogP contribution is -2.44. The summed E-state index contributed by atoms with van der Waals surface area (Å²) < 4.78 is 7.93. The molecule has 6 nitrogen and oxygen atoms in total. The van der Waals surface area contributed by atoms with Crippen molar-refractivity contribution < 1.29 is 28.5 Å². The van der Waals surface area contributed by atoms with Gasteiger partial charge in [0.15, 0.2) is 8.44 Å². The monoisotopic (exact) mass is 514 g/mol. The molecule has 0 amide bonds. The van der Waals surface area contributed by atoms with Gasteiger partial charge in [0, 0.05) is 6.42 Å². The number of hydrogen-bond acceptors (Lipinski definition) is 6. The van der Waals surface area contributed by atoms with Crippen LogP contribution < -0.4 is 4.89 Å². The number of para-hydroxylation sites is 1. The van der Waals surface area contributed by atoms with E-state index in [4.69, 9.17) is 21.4 Å². The quantitative estimate of drug-likeness (QED) is 0.239. The second-order valence-corrected chi connectivity index (χ2v) is 11.2. The molecule has 0 bridgehead atoms. The summed E-state index contributed by atoms with van der Waals surface area (Å²) in [6.45, 7) is 0. The van der Waals surface area contributed by atoms with Crippen LogP contribution >= 0.6 is 59.4 Å². The fourth-order valence-corrected chi connectivity index (χ4v) is 3.88. The highest BCUT2D eigenvalue weighted by molar-refractivity contribution is 9.26. The number of hydrogen-bond donors (Lipinski definition) is 2. The molecule has 2 N–H and O–H groups in total. The van der Waals surface area contributed by atoms with Crippen molar-refractivity contribution in [3.8, 4) is 5.75 Å². The third-order valence-corrected chi connectivity index (χ3v) is 3.53. The lowest BCUT2D eigenvalue weighted by atomic mass is 10.3. The molecule has 0 aliphatic heterocycles. The highest BCUT2D eigenvalue weighted by atomic mass is 79.9. The van der Waals surface area contributed by atoms with Crippen LogP contribution in [0.5, 0.6) is 5.75 Å². The third kappa shape index (κ3) is 8.92. The summed E-state index contributed by atoms with van der Waals surface area (Å²) >= 11 is 15.1. The zero-order chi connectivity index (χ0) is 15.2. The van der Waals surface area contributed by atoms with Crippen LogP contribution in [0.1, 0.15) is 6.42 Å². The summed E-state index contributed by atoms with van der Waals surface area (Å²) in [5.41, 5.74) is 0. The summed E-state index contributed by atoms with van der Waals surface area (Å²) in [6, 6.07) is 8.28. The van der Waals surface area contributed by atoms with E-state index >= 15 is 0 Å². The molecule has 0 heterocycles. The van der Waals surface area contributed by atoms with Crippen LogP contribution in [0.4, 0.5) is 0 Å². The second kappa shape index (κ2) is 8.41. The van der Waals surface area contributed by atoms with Crippen LogP contribution in [0.15, 0.2) is 30.3 Å². The Labute approximate surface area is 146 Å². The molecule has 20 heavy (non-hydrogen) atoms. The molecule has 11 heteroatoms. The van der Waals surface area contributed by atoms with Gasteiger partial charge in [-0.1, -0.05) is 77.6 Å². The first-order valence-corrected chi connectivity index (χ1v) is 9.68. The molecule has 1 atom stereocenters. The van der Waals surface area contributed by atoms with Gasteiger partial charge in [-0.3, -0.25) is 0 Å². The number of benzene rings is 1. The molecule has 0 aliphatic carbocycles. The van der Waals surface area contributed by atoms with Gasteiger partial charge in [-0.2, -0.15) is 4.58 Å². The highest BCUT2D eigenvalue weighted by Gasteiger charge is 2.43. The van der Waals surface area contributed by atoms with E-state index in [-0.39, 0.29) is 12.2 Å². The normalized spacial score (nSPS) is 14.1. The van der Waals surface area contributed by atoms with E-state index in [1.54, 1.807) is 30.3 Å². The van der Waals surface area contributed by atoms with E-state index in [9.17, 15) is 9.59 Å². The van der Waals surface area contributed by atoms with Crippen molar-refractivity contribution in [3.63, 3.8) is 0 Å². The maximum absolute atomic E-state index is 9.45. The van der Waals surface area contributed by atoms with E-state index in [1.807, 2.05) is 0 Å². The van der Waals surface area contributed by atoms with Crippen LogP contribution in [-0.4, -0.2) is 26.3 Å². The summed E-state index contributed by atoms with van der Waals surface area (Å²) in [5, 5.41) is -0.717. The fraction of sp³-hybridized carbons (Fsp3) is 0.333. The molecule has 1 rings (SSSR count). The van der Waals surface area contributed by atoms with Gasteiger partial charge in [-0.15, -0.1) is 4.58 Å². The predicted molar refractivity (Wildman–Crippen MR) is 84.3 cm³/mol. The van der Waals surface area contributed by atoms with Crippen LogP contribution in [0, 0.1) is 0 Å². The van der Waals surface area contributed by atoms with Gasteiger partial charge in [0.2, 0.25) is 0 Å². The Balaban J connectivity index is 2.34. The average molecular weight is 517 g/mol. The average Bonchev–Trinajstić information content (AvgIpc) is 2.34. The van der Waals surface area contributed by atoms with Crippen molar-refractivity contribution in [2.24, 2.45) is 0 Å². The highest BCUT2D eigenvalue weighted by Crippen LogP contribution is 2.37. The molecule has 114 valence electrons. The summed E-state index contributed by atoms with van der Waals surface area (Å²) in [7, 11) is -4.57. The van der Waals surface area contributed by atoms with Crippen LogP contribution in [-0.2, 0) is 14.0 Å². The van der Waals surface area contributed by atoms with Crippen LogP contribution in [0.3, 0.4) is 0 Å². The van der Waals surface area contributed by atoms with Crippen molar-refractivity contribution in [1.82, 2.24) is 0 Å². The number of halogens is 4. The molecule has 0 radical (unpaired) electrons. The smallest absolute Gasteiger partial charge is 0.364 e. The standard InChI is InChI=1S/C9H10Br3ClO6Si/c10-8(6-9(11,12)13)17-19-20(14,15)18-16-7-4-2-1-3-5-7/h1-5,8,14-15H,6H2. The summed E-state index contributed by atoms with van der Waals surface area (Å²) in [5.74, 6) is 0.284. The van der Waals surface area contributed by atoms with Gasteiger partial charge in [-0.25, -0.2) is 4.89 Å². The lowest BCUT2D eigenvalue weighted by molar-refractivity contribution is -0.308. The number of rotatable bonds is 8. The lowest BCUT2D eigenvalue weighted by Gasteiger charge is -2.19. The van der Waals surface area contributed by atoms with Gasteiger partial charge < -0.3 is 14.5 Å². The number of alkyl halides is 4. The molecule has 0 saturated heterocycles. The van der Waals surface area contributed by atoms with E-state index in [2.05, 4.69) is 56.9 Å². The molecule has 0 aromatic heterocycles. The van der Waals surface area contributed by atoms with Gasteiger partial charge in [0.1, 0.15) is 5.01 Å². The Kier molecular flexibility index (Phi) is 7.91. The molecule has 0 aliphatic rings. The zero-order valence-corrected chi connectivity index (χ0v) is 16.2. The zero-order valence-electron chi connectivity index (χ0n) is 9.71. The van der Waals surface area contributed by atoms with E-state index in [1.165, 1.54) is 0 Å². The Morgan fingerprint density at radius 2 is 1.80 bits per heavy atom. The van der Waals surface area contributed by atoms with Crippen molar-refractivity contribution in [2.45, 2.75) is 14.1 Å². The van der Waals surface area contributed by atoms with Crippen molar-refractivity contribution >= 4 is 68.4 Å². The van der Waals surface area contributed by atoms with Crippen molar-refractivity contribution in [1.29, 1.82) is 0 Å². The second-order valence-electron chi connectivity index (χ2n) is 3.44. The predicted octanol–water partition coefficient (Wildman–Crippen LogP) is 3.16. The molecule has 1 unspecified atom stereocenters. The van der Waals surface area contributed by atoms with Gasteiger partial charge in [0.05, 0.1) is 0 Å². The Morgan fingerprint density at radius 3 is 2.35 bits per heavy atom. The minimum Gasteiger partial charge on any atom is -0.364 e. The van der Waals surface area contributed by atoms with Crippen molar-refractivity contribution in [2.75, 3.05) is 0 Å². The minimum absolute atomic E-state index is 0.207. The Hall–Kier alpha value is 0.767. The first-order valence-electron chi connectivity index (χ1n) is 5.09. The molecular weight excluding hydrogens is 507 g/mol. The van der Waals surface area contributed by atoms with Gasteiger partial charge in [-0.05, 0) is 12.1 Å². The molecule has 1 aromatic rings. The van der Waals surface area contributed by atoms with Gasteiger partial charge >= 0.3 is 9.05 Å². The fourth-order valence-electron chi connectivity index (χ4n) is 0.923. The SMILES string of the molecule is O[Si](O)(OOc1ccccc1)OOC(Br)CC(Cl)(Br)Br. The third-order valence-electron chi connectivity index (χ3n) is 1.64.